The lowest BCUT2D eigenvalue weighted by Gasteiger charge is -2.36. The Bertz CT molecular complexity index is 1250. The number of hydrogen-bond donors (Lipinski definition) is 2. The molecule has 2 aromatic carbocycles. The Balaban J connectivity index is 1.90. The Labute approximate surface area is 206 Å². The molecular formula is C27H24F4N4O. The van der Waals surface area contributed by atoms with Crippen LogP contribution in [0.2, 0.25) is 0 Å². The molecule has 0 unspecified atom stereocenters. The van der Waals surface area contributed by atoms with Gasteiger partial charge in [-0.15, -0.1) is 0 Å². The zero-order valence-electron chi connectivity index (χ0n) is 19.3. The van der Waals surface area contributed by atoms with Gasteiger partial charge in [0.15, 0.2) is 0 Å². The molecule has 9 heteroatoms. The van der Waals surface area contributed by atoms with Crippen molar-refractivity contribution in [1.29, 1.82) is 5.26 Å². The second kappa shape index (κ2) is 10.4. The standard InChI is InChI=1S/C27H24F4N4O/c28-22-13-20(12-21(14-22)27(29,30)31)26(15-18-6-2-1-3-7-18,24-11-10-19(16-32)17-33-24)35-25(36)34-23-8-4-5-9-23/h1-3,6-7,10-14,17,23H,4-5,8-9,15H2,(H2,34,35,36)/t26-/m1/s1. The molecule has 1 heterocycles. The summed E-state index contributed by atoms with van der Waals surface area (Å²) in [5.41, 5.74) is -1.87. The van der Waals surface area contributed by atoms with Gasteiger partial charge in [0.25, 0.3) is 0 Å². The van der Waals surface area contributed by atoms with E-state index in [0.29, 0.717) is 11.6 Å². The molecule has 0 radical (unpaired) electrons. The van der Waals surface area contributed by atoms with E-state index in [-0.39, 0.29) is 29.3 Å². The first-order valence-corrected chi connectivity index (χ1v) is 11.6. The average molecular weight is 497 g/mol. The van der Waals surface area contributed by atoms with Gasteiger partial charge in [0.05, 0.1) is 16.8 Å². The van der Waals surface area contributed by atoms with Crippen molar-refractivity contribution in [3.8, 4) is 6.07 Å². The third-order valence-corrected chi connectivity index (χ3v) is 6.38. The van der Waals surface area contributed by atoms with E-state index in [4.69, 9.17) is 0 Å². The minimum Gasteiger partial charge on any atom is -0.335 e. The molecule has 1 saturated carbocycles. The molecule has 1 fully saturated rings. The number of hydrogen-bond acceptors (Lipinski definition) is 3. The predicted octanol–water partition coefficient (Wildman–Crippen LogP) is 5.84. The molecule has 3 aromatic rings. The van der Waals surface area contributed by atoms with Crippen LogP contribution in [-0.4, -0.2) is 17.1 Å². The number of aromatic nitrogens is 1. The molecule has 2 N–H and O–H groups in total. The molecule has 1 aliphatic carbocycles. The summed E-state index contributed by atoms with van der Waals surface area (Å²) >= 11 is 0. The highest BCUT2D eigenvalue weighted by atomic mass is 19.4. The van der Waals surface area contributed by atoms with Crippen LogP contribution >= 0.6 is 0 Å². The highest BCUT2D eigenvalue weighted by Crippen LogP contribution is 2.37. The van der Waals surface area contributed by atoms with Gasteiger partial charge in [-0.25, -0.2) is 9.18 Å². The topological polar surface area (TPSA) is 77.8 Å². The summed E-state index contributed by atoms with van der Waals surface area (Å²) in [5.74, 6) is -1.09. The fourth-order valence-electron chi connectivity index (χ4n) is 4.62. The number of rotatable bonds is 6. The Hall–Kier alpha value is -3.93. The van der Waals surface area contributed by atoms with Crippen LogP contribution < -0.4 is 10.6 Å². The lowest BCUT2D eigenvalue weighted by atomic mass is 9.79. The number of carbonyl (C=O) groups excluding carboxylic acids is 1. The number of alkyl halides is 3. The highest BCUT2D eigenvalue weighted by Gasteiger charge is 2.41. The first-order valence-electron chi connectivity index (χ1n) is 11.6. The molecule has 0 aliphatic heterocycles. The number of carbonyl (C=O) groups is 1. The van der Waals surface area contributed by atoms with Crippen molar-refractivity contribution < 1.29 is 22.4 Å². The number of halogens is 4. The maximum Gasteiger partial charge on any atom is 0.416 e. The number of benzene rings is 2. The highest BCUT2D eigenvalue weighted by molar-refractivity contribution is 5.76. The number of amides is 2. The molecule has 4 rings (SSSR count). The summed E-state index contributed by atoms with van der Waals surface area (Å²) in [6.45, 7) is 0. The van der Waals surface area contributed by atoms with E-state index in [2.05, 4.69) is 15.6 Å². The maximum absolute atomic E-state index is 14.6. The molecule has 5 nitrogen and oxygen atoms in total. The van der Waals surface area contributed by atoms with Crippen LogP contribution in [0, 0.1) is 17.1 Å². The van der Waals surface area contributed by atoms with Gasteiger partial charge in [-0.2, -0.15) is 18.4 Å². The van der Waals surface area contributed by atoms with E-state index in [1.54, 1.807) is 30.3 Å². The minimum absolute atomic E-state index is 0.00836. The monoisotopic (exact) mass is 496 g/mol. The van der Waals surface area contributed by atoms with Gasteiger partial charge in [0.2, 0.25) is 0 Å². The van der Waals surface area contributed by atoms with Gasteiger partial charge in [0, 0.05) is 18.7 Å². The van der Waals surface area contributed by atoms with Crippen molar-refractivity contribution in [2.24, 2.45) is 0 Å². The van der Waals surface area contributed by atoms with Gasteiger partial charge >= 0.3 is 12.2 Å². The van der Waals surface area contributed by atoms with Gasteiger partial charge in [-0.3, -0.25) is 4.98 Å². The smallest absolute Gasteiger partial charge is 0.335 e. The maximum atomic E-state index is 14.6. The first kappa shape index (κ1) is 25.2. The molecular weight excluding hydrogens is 472 g/mol. The molecule has 0 spiro atoms. The Kier molecular flexibility index (Phi) is 7.25. The van der Waals surface area contributed by atoms with E-state index in [0.717, 1.165) is 37.8 Å². The molecule has 186 valence electrons. The minimum atomic E-state index is -4.81. The van der Waals surface area contributed by atoms with E-state index in [1.807, 2.05) is 6.07 Å². The average Bonchev–Trinajstić information content (AvgIpc) is 3.36. The fraction of sp³-hybridized carbons (Fsp3) is 0.296. The lowest BCUT2D eigenvalue weighted by Crippen LogP contribution is -2.54. The summed E-state index contributed by atoms with van der Waals surface area (Å²) in [6, 6.07) is 15.3. The fourth-order valence-corrected chi connectivity index (χ4v) is 4.62. The molecule has 1 aromatic heterocycles. The molecule has 1 aliphatic rings. The van der Waals surface area contributed by atoms with Crippen LogP contribution in [0.15, 0.2) is 66.9 Å². The summed E-state index contributed by atoms with van der Waals surface area (Å²) in [6.07, 6.45) is -0.00816. The zero-order valence-corrected chi connectivity index (χ0v) is 19.3. The Morgan fingerprint density at radius 1 is 1.03 bits per heavy atom. The molecule has 2 amide bonds. The number of nitrogens with zero attached hydrogens (tertiary/aromatic N) is 2. The normalized spacial score (nSPS) is 15.6. The van der Waals surface area contributed by atoms with Crippen LogP contribution in [0.5, 0.6) is 0 Å². The quantitative estimate of drug-likeness (QED) is 0.421. The van der Waals surface area contributed by atoms with Crippen LogP contribution in [0.4, 0.5) is 22.4 Å². The number of nitrogens with one attached hydrogen (secondary N) is 2. The van der Waals surface area contributed by atoms with Gasteiger partial charge < -0.3 is 10.6 Å². The van der Waals surface area contributed by atoms with Crippen molar-refractivity contribution >= 4 is 6.03 Å². The largest absolute Gasteiger partial charge is 0.416 e. The second-order valence-corrected chi connectivity index (χ2v) is 8.92. The van der Waals surface area contributed by atoms with E-state index < -0.39 is 29.1 Å². The van der Waals surface area contributed by atoms with Crippen molar-refractivity contribution in [2.45, 2.75) is 49.9 Å². The van der Waals surface area contributed by atoms with Gasteiger partial charge in [0.1, 0.15) is 17.4 Å². The first-order chi connectivity index (χ1) is 17.2. The summed E-state index contributed by atoms with van der Waals surface area (Å²) in [5, 5.41) is 15.0. The second-order valence-electron chi connectivity index (χ2n) is 8.92. The van der Waals surface area contributed by atoms with E-state index in [9.17, 15) is 27.6 Å². The molecule has 36 heavy (non-hydrogen) atoms. The lowest BCUT2D eigenvalue weighted by molar-refractivity contribution is -0.137. The zero-order chi connectivity index (χ0) is 25.8. The van der Waals surface area contributed by atoms with Crippen LogP contribution in [0.25, 0.3) is 0 Å². The summed E-state index contributed by atoms with van der Waals surface area (Å²) < 4.78 is 55.7. The number of urea groups is 1. The number of pyridine rings is 1. The van der Waals surface area contributed by atoms with Gasteiger partial charge in [-0.1, -0.05) is 43.2 Å². The number of nitriles is 1. The van der Waals surface area contributed by atoms with Crippen LogP contribution in [0.3, 0.4) is 0 Å². The third kappa shape index (κ3) is 5.65. The van der Waals surface area contributed by atoms with Crippen molar-refractivity contribution in [3.63, 3.8) is 0 Å². The van der Waals surface area contributed by atoms with E-state index >= 15 is 0 Å². The Morgan fingerprint density at radius 3 is 2.33 bits per heavy atom. The van der Waals surface area contributed by atoms with Crippen LogP contribution in [-0.2, 0) is 18.1 Å². The predicted molar refractivity (Wildman–Crippen MR) is 125 cm³/mol. The molecule has 0 bridgehead atoms. The summed E-state index contributed by atoms with van der Waals surface area (Å²) in [4.78, 5) is 17.6. The third-order valence-electron chi connectivity index (χ3n) is 6.38. The van der Waals surface area contributed by atoms with Gasteiger partial charge in [-0.05, 0) is 54.3 Å². The summed E-state index contributed by atoms with van der Waals surface area (Å²) in [7, 11) is 0. The van der Waals surface area contributed by atoms with Crippen molar-refractivity contribution in [1.82, 2.24) is 15.6 Å². The Morgan fingerprint density at radius 2 is 1.72 bits per heavy atom. The van der Waals surface area contributed by atoms with E-state index in [1.165, 1.54) is 18.3 Å². The molecule has 1 atom stereocenters. The SMILES string of the molecule is N#Cc1ccc([C@](Cc2ccccc2)(NC(=O)NC2CCCC2)c2cc(F)cc(C(F)(F)F)c2)nc1. The van der Waals surface area contributed by atoms with Crippen molar-refractivity contribution in [2.75, 3.05) is 0 Å². The van der Waals surface area contributed by atoms with Crippen molar-refractivity contribution in [3.05, 3.63) is 101 Å². The van der Waals surface area contributed by atoms with Crippen LogP contribution in [0.1, 0.15) is 53.6 Å². The molecule has 0 saturated heterocycles.